The largest absolute Gasteiger partial charge is 0.228 e. The average Bonchev–Trinajstić information content (AvgIpc) is 3.59. The van der Waals surface area contributed by atoms with Crippen molar-refractivity contribution in [1.82, 2.24) is 9.97 Å². The van der Waals surface area contributed by atoms with Crippen molar-refractivity contribution in [2.75, 3.05) is 0 Å². The molecule has 0 bridgehead atoms. The highest BCUT2D eigenvalue weighted by atomic mass is 14.9. The lowest BCUT2D eigenvalue weighted by Crippen LogP contribution is -2.22. The van der Waals surface area contributed by atoms with Gasteiger partial charge in [0.2, 0.25) is 0 Å². The number of nitrogens with zero attached hydrogens (tertiary/aromatic N) is 2. The molecule has 0 aliphatic heterocycles. The molecule has 0 saturated heterocycles. The molecule has 9 aromatic carbocycles. The number of benzene rings is 9. The van der Waals surface area contributed by atoms with Crippen LogP contribution in [0.5, 0.6) is 0 Å². The van der Waals surface area contributed by atoms with Crippen LogP contribution in [0.4, 0.5) is 0 Å². The lowest BCUT2D eigenvalue weighted by Gasteiger charge is -2.28. The molecule has 1 atom stereocenters. The lowest BCUT2D eigenvalue weighted by atomic mass is 9.74. The fraction of sp³-hybridized carbons (Fsp3) is 0.0345. The summed E-state index contributed by atoms with van der Waals surface area (Å²) in [5.74, 6) is 0.705. The van der Waals surface area contributed by atoms with Gasteiger partial charge in [-0.15, -0.1) is 0 Å². The van der Waals surface area contributed by atoms with E-state index in [1.807, 2.05) is 18.2 Å². The molecule has 1 unspecified atom stereocenters. The Bertz CT molecular complexity index is 3190. The van der Waals surface area contributed by atoms with Crippen molar-refractivity contribution in [3.05, 3.63) is 241 Å². The van der Waals surface area contributed by atoms with Gasteiger partial charge in [-0.2, -0.15) is 0 Å². The van der Waals surface area contributed by atoms with E-state index in [1.54, 1.807) is 0 Å². The monoisotopic (exact) mass is 764 g/mol. The molecule has 11 rings (SSSR count). The van der Waals surface area contributed by atoms with Crippen molar-refractivity contribution in [2.45, 2.75) is 12.3 Å². The van der Waals surface area contributed by atoms with Gasteiger partial charge in [0.05, 0.1) is 11.4 Å². The van der Waals surface area contributed by atoms with Gasteiger partial charge in [0.15, 0.2) is 5.82 Å². The second-order valence-corrected chi connectivity index (χ2v) is 15.9. The molecule has 10 aromatic rings. The van der Waals surface area contributed by atoms with E-state index < -0.39 is 0 Å². The highest BCUT2D eigenvalue weighted by molar-refractivity contribution is 6.05. The van der Waals surface area contributed by atoms with Gasteiger partial charge in [0, 0.05) is 22.1 Å². The first-order valence-electron chi connectivity index (χ1n) is 20.6. The van der Waals surface area contributed by atoms with Gasteiger partial charge in [-0.1, -0.05) is 206 Å². The molecular weight excluding hydrogens is 725 g/mol. The van der Waals surface area contributed by atoms with Crippen molar-refractivity contribution in [2.24, 2.45) is 0 Å². The molecule has 1 aliphatic rings. The standard InChI is InChI=1S/C58H40N2/c1-58(46-22-9-4-10-23-46)53-27-14-13-26-50(53)51-33-32-44(37-54(51)58)40-28-30-41(31-29-40)47-34-35-52(49-25-12-11-24-48(47)49)56-38-55(59-57(60-56)42-18-7-3-8-19-42)45-21-15-20-43(36-45)39-16-5-2-6-17-39/h2-38H,1H3. The quantitative estimate of drug-likeness (QED) is 0.162. The van der Waals surface area contributed by atoms with Crippen LogP contribution in [-0.2, 0) is 5.41 Å². The molecule has 2 heteroatoms. The van der Waals surface area contributed by atoms with Crippen LogP contribution >= 0.6 is 0 Å². The smallest absolute Gasteiger partial charge is 0.160 e. The zero-order chi connectivity index (χ0) is 40.0. The summed E-state index contributed by atoms with van der Waals surface area (Å²) in [5, 5.41) is 2.34. The normalized spacial score (nSPS) is 14.2. The van der Waals surface area contributed by atoms with Crippen LogP contribution < -0.4 is 0 Å². The molecule has 1 heterocycles. The Labute approximate surface area is 351 Å². The maximum Gasteiger partial charge on any atom is 0.160 e. The molecule has 1 aliphatic carbocycles. The van der Waals surface area contributed by atoms with E-state index in [4.69, 9.17) is 9.97 Å². The van der Waals surface area contributed by atoms with E-state index in [0.29, 0.717) is 5.82 Å². The van der Waals surface area contributed by atoms with E-state index in [1.165, 1.54) is 61.0 Å². The Hall–Kier alpha value is -7.68. The average molecular weight is 765 g/mol. The van der Waals surface area contributed by atoms with Gasteiger partial charge in [0.1, 0.15) is 0 Å². The molecule has 0 saturated carbocycles. The second kappa shape index (κ2) is 14.6. The first-order valence-corrected chi connectivity index (χ1v) is 20.6. The van der Waals surface area contributed by atoms with Crippen LogP contribution in [-0.4, -0.2) is 9.97 Å². The number of aromatic nitrogens is 2. The molecule has 0 amide bonds. The minimum absolute atomic E-state index is 0.234. The van der Waals surface area contributed by atoms with Crippen molar-refractivity contribution in [3.8, 4) is 78.4 Å². The summed E-state index contributed by atoms with van der Waals surface area (Å²) in [6.45, 7) is 2.38. The van der Waals surface area contributed by atoms with Gasteiger partial charge in [-0.05, 0) is 97.1 Å². The minimum Gasteiger partial charge on any atom is -0.228 e. The number of hydrogen-bond acceptors (Lipinski definition) is 2. The molecule has 1 aromatic heterocycles. The molecular formula is C58H40N2. The highest BCUT2D eigenvalue weighted by Gasteiger charge is 2.40. The highest BCUT2D eigenvalue weighted by Crippen LogP contribution is 2.53. The summed E-state index contributed by atoms with van der Waals surface area (Å²) < 4.78 is 0. The Morgan fingerprint density at radius 2 is 0.800 bits per heavy atom. The van der Waals surface area contributed by atoms with Gasteiger partial charge >= 0.3 is 0 Å². The zero-order valence-electron chi connectivity index (χ0n) is 33.3. The summed E-state index contributed by atoms with van der Waals surface area (Å²) in [6.07, 6.45) is 0. The third-order valence-corrected chi connectivity index (χ3v) is 12.4. The number of fused-ring (bicyclic) bond motifs is 4. The van der Waals surface area contributed by atoms with Crippen LogP contribution in [0.25, 0.3) is 89.2 Å². The van der Waals surface area contributed by atoms with Crippen molar-refractivity contribution >= 4 is 10.8 Å². The molecule has 0 spiro atoms. The van der Waals surface area contributed by atoms with Crippen molar-refractivity contribution in [1.29, 1.82) is 0 Å². The Balaban J connectivity index is 0.980. The predicted molar refractivity (Wildman–Crippen MR) is 250 cm³/mol. The van der Waals surface area contributed by atoms with E-state index >= 15 is 0 Å². The zero-order valence-corrected chi connectivity index (χ0v) is 33.3. The van der Waals surface area contributed by atoms with Gasteiger partial charge < -0.3 is 0 Å². The van der Waals surface area contributed by atoms with Crippen LogP contribution in [0.2, 0.25) is 0 Å². The second-order valence-electron chi connectivity index (χ2n) is 15.9. The maximum absolute atomic E-state index is 5.23. The fourth-order valence-corrected chi connectivity index (χ4v) is 9.31. The van der Waals surface area contributed by atoms with Crippen LogP contribution in [0, 0.1) is 0 Å². The number of hydrogen-bond donors (Lipinski definition) is 0. The Morgan fingerprint density at radius 3 is 1.57 bits per heavy atom. The fourth-order valence-electron chi connectivity index (χ4n) is 9.31. The van der Waals surface area contributed by atoms with E-state index in [2.05, 4.69) is 213 Å². The van der Waals surface area contributed by atoms with Crippen LogP contribution in [0.3, 0.4) is 0 Å². The first-order chi connectivity index (χ1) is 29.6. The van der Waals surface area contributed by atoms with Crippen molar-refractivity contribution < 1.29 is 0 Å². The first kappa shape index (κ1) is 35.5. The lowest BCUT2D eigenvalue weighted by molar-refractivity contribution is 0.714. The third kappa shape index (κ3) is 6.04. The summed E-state index contributed by atoms with van der Waals surface area (Å²) in [5.41, 5.74) is 18.4. The third-order valence-electron chi connectivity index (χ3n) is 12.4. The predicted octanol–water partition coefficient (Wildman–Crippen LogP) is 15.0. The minimum atomic E-state index is -0.234. The summed E-state index contributed by atoms with van der Waals surface area (Å²) in [4.78, 5) is 10.4. The van der Waals surface area contributed by atoms with E-state index in [9.17, 15) is 0 Å². The molecule has 60 heavy (non-hydrogen) atoms. The SMILES string of the molecule is CC1(c2ccccc2)c2ccccc2-c2ccc(-c3ccc(-c4ccc(-c5cc(-c6cccc(-c7ccccc7)c6)nc(-c6ccccc6)n5)c5ccccc45)cc3)cc21. The molecule has 0 N–H and O–H groups in total. The van der Waals surface area contributed by atoms with Gasteiger partial charge in [0.25, 0.3) is 0 Å². The van der Waals surface area contributed by atoms with Crippen molar-refractivity contribution in [3.63, 3.8) is 0 Å². The Kier molecular flexibility index (Phi) is 8.64. The molecule has 0 fully saturated rings. The van der Waals surface area contributed by atoms with Crippen LogP contribution in [0.1, 0.15) is 23.6 Å². The van der Waals surface area contributed by atoms with E-state index in [-0.39, 0.29) is 5.41 Å². The van der Waals surface area contributed by atoms with Gasteiger partial charge in [-0.25, -0.2) is 9.97 Å². The molecule has 2 nitrogen and oxygen atoms in total. The number of rotatable bonds is 7. The topological polar surface area (TPSA) is 25.8 Å². The van der Waals surface area contributed by atoms with Gasteiger partial charge in [-0.3, -0.25) is 0 Å². The Morgan fingerprint density at radius 1 is 0.300 bits per heavy atom. The van der Waals surface area contributed by atoms with Crippen LogP contribution in [0.15, 0.2) is 224 Å². The molecule has 0 radical (unpaired) electrons. The van der Waals surface area contributed by atoms with E-state index in [0.717, 1.165) is 39.0 Å². The summed E-state index contributed by atoms with van der Waals surface area (Å²) in [7, 11) is 0. The molecule has 282 valence electrons. The summed E-state index contributed by atoms with van der Waals surface area (Å²) in [6, 6.07) is 80.7. The maximum atomic E-state index is 5.23. The summed E-state index contributed by atoms with van der Waals surface area (Å²) >= 11 is 0.